The first-order chi connectivity index (χ1) is 9.20. The van der Waals surface area contributed by atoms with Gasteiger partial charge >= 0.3 is 0 Å². The molecule has 0 aliphatic carbocycles. The van der Waals surface area contributed by atoms with Crippen molar-refractivity contribution in [2.75, 3.05) is 0 Å². The number of nitrogens with one attached hydrogen (secondary N) is 1. The van der Waals surface area contributed by atoms with E-state index in [1.807, 2.05) is 6.20 Å². The molecule has 1 aromatic heterocycles. The number of aromatic amines is 1. The van der Waals surface area contributed by atoms with E-state index in [0.717, 1.165) is 6.42 Å². The van der Waals surface area contributed by atoms with Crippen molar-refractivity contribution >= 4 is 0 Å². The van der Waals surface area contributed by atoms with Crippen molar-refractivity contribution in [1.29, 1.82) is 0 Å². The molecule has 0 aromatic carbocycles. The average molecular weight is 264 g/mol. The van der Waals surface area contributed by atoms with Crippen LogP contribution in [0.15, 0.2) is 12.5 Å². The first kappa shape index (κ1) is 16.3. The summed E-state index contributed by atoms with van der Waals surface area (Å²) in [5.41, 5.74) is 1.75. The van der Waals surface area contributed by atoms with Gasteiger partial charge in [-0.25, -0.2) is 4.98 Å². The summed E-state index contributed by atoms with van der Waals surface area (Å²) in [6, 6.07) is 0. The monoisotopic (exact) mass is 264 g/mol. The van der Waals surface area contributed by atoms with Gasteiger partial charge in [0.1, 0.15) is 0 Å². The number of aromatic nitrogens is 2. The van der Waals surface area contributed by atoms with E-state index in [1.54, 1.807) is 6.33 Å². The van der Waals surface area contributed by atoms with Crippen LogP contribution in [0.2, 0.25) is 0 Å². The zero-order chi connectivity index (χ0) is 14.0. The average Bonchev–Trinajstić information content (AvgIpc) is 2.88. The third-order valence-electron chi connectivity index (χ3n) is 4.19. The Morgan fingerprint density at radius 3 is 2.21 bits per heavy atom. The van der Waals surface area contributed by atoms with Crippen LogP contribution < -0.4 is 0 Å². The predicted octanol–water partition coefficient (Wildman–Crippen LogP) is 5.51. The largest absolute Gasteiger partial charge is 0.348 e. The van der Waals surface area contributed by atoms with Gasteiger partial charge < -0.3 is 4.98 Å². The van der Waals surface area contributed by atoms with Gasteiger partial charge in [-0.3, -0.25) is 0 Å². The van der Waals surface area contributed by atoms with Gasteiger partial charge in [-0.05, 0) is 24.7 Å². The molecule has 0 bridgehead atoms. The van der Waals surface area contributed by atoms with Crippen molar-refractivity contribution in [2.45, 2.75) is 85.0 Å². The Morgan fingerprint density at radius 2 is 1.63 bits per heavy atom. The molecular formula is C17H32N2. The highest BCUT2D eigenvalue weighted by atomic mass is 14.9. The molecule has 0 saturated heterocycles. The maximum absolute atomic E-state index is 4.16. The lowest BCUT2D eigenvalue weighted by Crippen LogP contribution is -2.20. The lowest BCUT2D eigenvalue weighted by Gasteiger charge is -2.29. The molecule has 1 rings (SSSR count). The molecule has 0 spiro atoms. The summed E-state index contributed by atoms with van der Waals surface area (Å²) < 4.78 is 0. The van der Waals surface area contributed by atoms with Crippen LogP contribution in [0.5, 0.6) is 0 Å². The van der Waals surface area contributed by atoms with E-state index >= 15 is 0 Å². The number of imidazole rings is 1. The summed E-state index contributed by atoms with van der Waals surface area (Å²) in [6.07, 6.45) is 17.2. The van der Waals surface area contributed by atoms with E-state index in [1.165, 1.54) is 63.5 Å². The first-order valence-electron chi connectivity index (χ1n) is 8.17. The van der Waals surface area contributed by atoms with E-state index in [0.29, 0.717) is 5.41 Å². The zero-order valence-electron chi connectivity index (χ0n) is 13.2. The Balaban J connectivity index is 2.45. The smallest absolute Gasteiger partial charge is 0.0921 e. The lowest BCUT2D eigenvalue weighted by molar-refractivity contribution is 0.248. The zero-order valence-corrected chi connectivity index (χ0v) is 13.2. The highest BCUT2D eigenvalue weighted by molar-refractivity contribution is 4.99. The van der Waals surface area contributed by atoms with Crippen LogP contribution in [0.3, 0.4) is 0 Å². The third kappa shape index (κ3) is 6.79. The van der Waals surface area contributed by atoms with E-state index < -0.39 is 0 Å². The molecule has 0 amide bonds. The van der Waals surface area contributed by atoms with Gasteiger partial charge in [0, 0.05) is 11.9 Å². The Bertz CT molecular complexity index is 305. The number of nitrogens with zero attached hydrogens (tertiary/aromatic N) is 1. The number of unbranched alkanes of at least 4 members (excludes halogenated alkanes) is 5. The topological polar surface area (TPSA) is 28.7 Å². The molecule has 1 N–H and O–H groups in total. The second kappa shape index (κ2) is 9.17. The molecule has 0 saturated carbocycles. The van der Waals surface area contributed by atoms with Crippen LogP contribution in [0, 0.1) is 5.41 Å². The van der Waals surface area contributed by atoms with Crippen LogP contribution in [-0.4, -0.2) is 9.97 Å². The molecular weight excluding hydrogens is 232 g/mol. The van der Waals surface area contributed by atoms with Crippen molar-refractivity contribution in [1.82, 2.24) is 9.97 Å². The van der Waals surface area contributed by atoms with Crippen LogP contribution in [0.4, 0.5) is 0 Å². The first-order valence-corrected chi connectivity index (χ1v) is 8.17. The van der Waals surface area contributed by atoms with E-state index in [2.05, 4.69) is 30.7 Å². The van der Waals surface area contributed by atoms with E-state index in [9.17, 15) is 0 Å². The Kier molecular flexibility index (Phi) is 7.85. The number of rotatable bonds is 11. The standard InChI is InChI=1S/C17H32N2/c1-4-6-8-10-12-17(3,11-9-7-5-2)13-16-14-18-15-19-16/h14-15H,4-13H2,1-3H3,(H,18,19). The number of hydrogen-bond acceptors (Lipinski definition) is 1. The second-order valence-corrected chi connectivity index (χ2v) is 6.33. The molecule has 1 unspecified atom stereocenters. The maximum Gasteiger partial charge on any atom is 0.0921 e. The van der Waals surface area contributed by atoms with Crippen molar-refractivity contribution in [2.24, 2.45) is 5.41 Å². The fraction of sp³-hybridized carbons (Fsp3) is 0.824. The van der Waals surface area contributed by atoms with Crippen molar-refractivity contribution < 1.29 is 0 Å². The molecule has 110 valence electrons. The van der Waals surface area contributed by atoms with Crippen LogP contribution in [0.1, 0.15) is 84.3 Å². The van der Waals surface area contributed by atoms with Gasteiger partial charge in [0.05, 0.1) is 6.33 Å². The normalized spacial score (nSPS) is 14.5. The van der Waals surface area contributed by atoms with Crippen molar-refractivity contribution in [3.63, 3.8) is 0 Å². The van der Waals surface area contributed by atoms with Gasteiger partial charge in [0.15, 0.2) is 0 Å². The van der Waals surface area contributed by atoms with Gasteiger partial charge in [0.25, 0.3) is 0 Å². The van der Waals surface area contributed by atoms with Crippen LogP contribution in [0.25, 0.3) is 0 Å². The molecule has 19 heavy (non-hydrogen) atoms. The quantitative estimate of drug-likeness (QED) is 0.524. The van der Waals surface area contributed by atoms with Crippen LogP contribution in [-0.2, 0) is 6.42 Å². The summed E-state index contributed by atoms with van der Waals surface area (Å²) in [6.45, 7) is 7.04. The summed E-state index contributed by atoms with van der Waals surface area (Å²) in [4.78, 5) is 7.43. The molecule has 0 fully saturated rings. The Labute approximate surface area is 119 Å². The van der Waals surface area contributed by atoms with Gasteiger partial charge in [-0.15, -0.1) is 0 Å². The SMILES string of the molecule is CCCCCCC(C)(CCCCC)Cc1cnc[nH]1. The minimum atomic E-state index is 0.454. The van der Waals surface area contributed by atoms with Gasteiger partial charge in [-0.2, -0.15) is 0 Å². The van der Waals surface area contributed by atoms with Crippen molar-refractivity contribution in [3.05, 3.63) is 18.2 Å². The Hall–Kier alpha value is -0.790. The minimum absolute atomic E-state index is 0.454. The minimum Gasteiger partial charge on any atom is -0.348 e. The van der Waals surface area contributed by atoms with E-state index in [4.69, 9.17) is 0 Å². The fourth-order valence-electron chi connectivity index (χ4n) is 2.92. The molecule has 0 aliphatic heterocycles. The summed E-state index contributed by atoms with van der Waals surface area (Å²) in [5, 5.41) is 0. The molecule has 0 radical (unpaired) electrons. The van der Waals surface area contributed by atoms with Gasteiger partial charge in [0.2, 0.25) is 0 Å². The summed E-state index contributed by atoms with van der Waals surface area (Å²) in [7, 11) is 0. The highest BCUT2D eigenvalue weighted by Crippen LogP contribution is 2.34. The second-order valence-electron chi connectivity index (χ2n) is 6.33. The molecule has 1 atom stereocenters. The number of H-pyrrole nitrogens is 1. The van der Waals surface area contributed by atoms with E-state index in [-0.39, 0.29) is 0 Å². The predicted molar refractivity (Wildman–Crippen MR) is 83.3 cm³/mol. The van der Waals surface area contributed by atoms with Crippen LogP contribution >= 0.6 is 0 Å². The summed E-state index contributed by atoms with van der Waals surface area (Å²) in [5.74, 6) is 0. The Morgan fingerprint density at radius 1 is 1.00 bits per heavy atom. The maximum atomic E-state index is 4.16. The number of hydrogen-bond donors (Lipinski definition) is 1. The molecule has 2 nitrogen and oxygen atoms in total. The summed E-state index contributed by atoms with van der Waals surface area (Å²) >= 11 is 0. The third-order valence-corrected chi connectivity index (χ3v) is 4.19. The highest BCUT2D eigenvalue weighted by Gasteiger charge is 2.24. The fourth-order valence-corrected chi connectivity index (χ4v) is 2.92. The molecule has 1 heterocycles. The van der Waals surface area contributed by atoms with Gasteiger partial charge in [-0.1, -0.05) is 65.7 Å². The molecule has 0 aliphatic rings. The van der Waals surface area contributed by atoms with Crippen molar-refractivity contribution in [3.8, 4) is 0 Å². The lowest BCUT2D eigenvalue weighted by atomic mass is 9.76. The molecule has 1 aromatic rings. The molecule has 2 heteroatoms.